The minimum Gasteiger partial charge on any atom is -0.497 e. The average molecular weight is 743 g/mol. The summed E-state index contributed by atoms with van der Waals surface area (Å²) in [5.74, 6) is 2.29. The highest BCUT2D eigenvalue weighted by atomic mass is 32.1. The predicted octanol–water partition coefficient (Wildman–Crippen LogP) is 7.14. The number of nitrogens with one attached hydrogen (secondary N) is 2. The van der Waals surface area contributed by atoms with Crippen molar-refractivity contribution in [2.24, 2.45) is 15.6 Å². The molecule has 0 aliphatic rings. The maximum atomic E-state index is 13.9. The van der Waals surface area contributed by atoms with Crippen LogP contribution in [0.5, 0.6) is 17.2 Å². The Hall–Kier alpha value is -4.33. The van der Waals surface area contributed by atoms with Gasteiger partial charge in [0.1, 0.15) is 23.3 Å². The van der Waals surface area contributed by atoms with Gasteiger partial charge in [-0.2, -0.15) is 0 Å². The van der Waals surface area contributed by atoms with Crippen LogP contribution in [0, 0.1) is 10.8 Å². The number of hydrogen-bond acceptors (Lipinski definition) is 6. The summed E-state index contributed by atoms with van der Waals surface area (Å²) in [4.78, 5) is 15.7. The van der Waals surface area contributed by atoms with Crippen molar-refractivity contribution < 1.29 is 19.0 Å². The summed E-state index contributed by atoms with van der Waals surface area (Å²) in [6, 6.07) is 33.9. The summed E-state index contributed by atoms with van der Waals surface area (Å²) in [5, 5.41) is 10.7. The average Bonchev–Trinajstić information content (AvgIpc) is 3.13. The van der Waals surface area contributed by atoms with Gasteiger partial charge in [0.15, 0.2) is 5.11 Å². The molecule has 4 aromatic rings. The van der Waals surface area contributed by atoms with Crippen molar-refractivity contribution in [3.8, 4) is 17.2 Å². The standard InChI is InChI=1S/C42H55N4O4PS/c1-41(2,3)37(44-40(52)45-38(42(4,5)6)39(47)46(7)29-30-14-12-11-13-15-30)28-43-51(34-22-16-31(48-8)17-23-34,35-24-18-32(49-9)19-25-35)36-26-20-33(50-10)21-27-36/h11-27,37-38H,28-29H2,1-10H3,(H2,44,45,52)/t37-,38+/m1/s1. The van der Waals surface area contributed by atoms with E-state index >= 15 is 0 Å². The zero-order valence-electron chi connectivity index (χ0n) is 32.3. The summed E-state index contributed by atoms with van der Waals surface area (Å²) >= 11 is 5.98. The van der Waals surface area contributed by atoms with Crippen molar-refractivity contribution in [3.63, 3.8) is 0 Å². The van der Waals surface area contributed by atoms with Crippen LogP contribution in [0.1, 0.15) is 47.1 Å². The highest BCUT2D eigenvalue weighted by Crippen LogP contribution is 2.47. The minimum absolute atomic E-state index is 0.0269. The van der Waals surface area contributed by atoms with Crippen LogP contribution in [0.25, 0.3) is 0 Å². The molecule has 278 valence electrons. The first-order valence-corrected chi connectivity index (χ1v) is 19.6. The monoisotopic (exact) mass is 742 g/mol. The van der Waals surface area contributed by atoms with Crippen LogP contribution < -0.4 is 40.8 Å². The van der Waals surface area contributed by atoms with E-state index in [1.165, 1.54) is 0 Å². The Labute approximate surface area is 316 Å². The van der Waals surface area contributed by atoms with Gasteiger partial charge < -0.3 is 29.7 Å². The van der Waals surface area contributed by atoms with E-state index in [0.29, 0.717) is 18.2 Å². The van der Waals surface area contributed by atoms with E-state index in [-0.39, 0.29) is 17.4 Å². The Morgan fingerprint density at radius 2 is 1.12 bits per heavy atom. The smallest absolute Gasteiger partial charge is 0.245 e. The first-order chi connectivity index (χ1) is 24.6. The van der Waals surface area contributed by atoms with Gasteiger partial charge in [-0.25, -0.2) is 0 Å². The first-order valence-electron chi connectivity index (χ1n) is 17.5. The molecule has 0 saturated heterocycles. The zero-order valence-corrected chi connectivity index (χ0v) is 34.0. The molecule has 2 atom stereocenters. The van der Waals surface area contributed by atoms with E-state index in [1.807, 2.05) is 73.8 Å². The predicted molar refractivity (Wildman–Crippen MR) is 220 cm³/mol. The SMILES string of the molecule is COc1ccc(P(=NC[C@@H](NC(=S)N[C@@H](C(=O)N(C)Cc2ccccc2)C(C)(C)C)C(C)(C)C)(c2ccc(OC)cc2)c2ccc(OC)cc2)cc1. The molecule has 4 aromatic carbocycles. The lowest BCUT2D eigenvalue weighted by atomic mass is 9.85. The molecule has 10 heteroatoms. The van der Waals surface area contributed by atoms with Crippen molar-refractivity contribution in [1.82, 2.24) is 15.5 Å². The normalized spacial score (nSPS) is 13.0. The summed E-state index contributed by atoms with van der Waals surface area (Å²) in [6.45, 7) is 13.6. The molecular weight excluding hydrogens is 688 g/mol. The molecule has 8 nitrogen and oxygen atoms in total. The molecule has 52 heavy (non-hydrogen) atoms. The molecule has 0 aromatic heterocycles. The third-order valence-electron chi connectivity index (χ3n) is 9.19. The molecule has 0 spiro atoms. The Balaban J connectivity index is 1.76. The van der Waals surface area contributed by atoms with Gasteiger partial charge in [-0.05, 0) is 101 Å². The molecule has 0 aliphatic heterocycles. The third-order valence-corrected chi connectivity index (χ3v) is 13.2. The molecule has 0 bridgehead atoms. The van der Waals surface area contributed by atoms with Gasteiger partial charge in [0, 0.05) is 29.5 Å². The van der Waals surface area contributed by atoms with E-state index in [4.69, 9.17) is 31.2 Å². The van der Waals surface area contributed by atoms with Gasteiger partial charge in [-0.3, -0.25) is 9.54 Å². The van der Waals surface area contributed by atoms with Gasteiger partial charge >= 0.3 is 0 Å². The largest absolute Gasteiger partial charge is 0.497 e. The highest BCUT2D eigenvalue weighted by molar-refractivity contribution is 7.87. The second-order valence-corrected chi connectivity index (χ2v) is 18.6. The zero-order chi connectivity index (χ0) is 38.1. The molecule has 4 rings (SSSR count). The fourth-order valence-electron chi connectivity index (χ4n) is 5.96. The van der Waals surface area contributed by atoms with Crippen molar-refractivity contribution in [2.75, 3.05) is 34.9 Å². The molecule has 0 aliphatic carbocycles. The molecule has 0 saturated carbocycles. The lowest BCUT2D eigenvalue weighted by molar-refractivity contribution is -0.134. The number of likely N-dealkylation sites (N-methyl/N-ethyl adjacent to an activating group) is 1. The summed E-state index contributed by atoms with van der Waals surface area (Å²) in [5.41, 5.74) is 0.405. The van der Waals surface area contributed by atoms with Crippen molar-refractivity contribution in [2.45, 2.75) is 60.2 Å². The lowest BCUT2D eigenvalue weighted by Gasteiger charge is -2.37. The van der Waals surface area contributed by atoms with E-state index in [2.05, 4.69) is 88.6 Å². The number of carbonyl (C=O) groups excluding carboxylic acids is 1. The van der Waals surface area contributed by atoms with Gasteiger partial charge in [0.2, 0.25) is 5.91 Å². The van der Waals surface area contributed by atoms with Crippen LogP contribution in [-0.2, 0) is 11.3 Å². The highest BCUT2D eigenvalue weighted by Gasteiger charge is 2.36. The molecule has 1 amide bonds. The maximum absolute atomic E-state index is 13.9. The number of nitrogens with zero attached hydrogens (tertiary/aromatic N) is 2. The third kappa shape index (κ3) is 9.96. The van der Waals surface area contributed by atoms with E-state index < -0.39 is 18.5 Å². The number of benzene rings is 4. The van der Waals surface area contributed by atoms with E-state index in [9.17, 15) is 4.79 Å². The molecule has 0 heterocycles. The molecule has 2 N–H and O–H groups in total. The number of hydrogen-bond donors (Lipinski definition) is 2. The van der Waals surface area contributed by atoms with Gasteiger partial charge in [0.05, 0.1) is 41.0 Å². The second-order valence-electron chi connectivity index (χ2n) is 15.1. The van der Waals surface area contributed by atoms with Crippen molar-refractivity contribution in [3.05, 3.63) is 109 Å². The summed E-state index contributed by atoms with van der Waals surface area (Å²) in [6.07, 6.45) is 0. The van der Waals surface area contributed by atoms with E-state index in [0.717, 1.165) is 38.7 Å². The second kappa shape index (κ2) is 17.5. The quantitative estimate of drug-likeness (QED) is 0.111. The Bertz CT molecular complexity index is 1700. The minimum atomic E-state index is -2.63. The van der Waals surface area contributed by atoms with E-state index in [1.54, 1.807) is 26.2 Å². The fraction of sp³-hybridized carbons (Fsp3) is 0.381. The van der Waals surface area contributed by atoms with Gasteiger partial charge in [-0.15, -0.1) is 0 Å². The Kier molecular flexibility index (Phi) is 13.6. The number of methoxy groups -OCH3 is 3. The Morgan fingerprint density at radius 1 is 0.692 bits per heavy atom. The van der Waals surface area contributed by atoms with Crippen LogP contribution in [-0.4, -0.2) is 62.9 Å². The topological polar surface area (TPSA) is 84.4 Å². The summed E-state index contributed by atoms with van der Waals surface area (Å²) < 4.78 is 22.4. The first kappa shape index (κ1) is 40.4. The molecule has 0 fully saturated rings. The number of thiocarbonyl (C=S) groups is 1. The molecule has 0 unspecified atom stereocenters. The number of amides is 1. The Morgan fingerprint density at radius 3 is 1.48 bits per heavy atom. The van der Waals surface area contributed by atoms with Crippen LogP contribution in [0.2, 0.25) is 0 Å². The van der Waals surface area contributed by atoms with Crippen LogP contribution in [0.4, 0.5) is 0 Å². The number of carbonyl (C=O) groups is 1. The van der Waals surface area contributed by atoms with Crippen molar-refractivity contribution >= 4 is 46.2 Å². The van der Waals surface area contributed by atoms with Crippen LogP contribution in [0.15, 0.2) is 108 Å². The lowest BCUT2D eigenvalue weighted by Crippen LogP contribution is -2.58. The summed E-state index contributed by atoms with van der Waals surface area (Å²) in [7, 11) is 4.22. The molecule has 0 radical (unpaired) electrons. The van der Waals surface area contributed by atoms with Crippen molar-refractivity contribution in [1.29, 1.82) is 0 Å². The van der Waals surface area contributed by atoms with Gasteiger partial charge in [0.25, 0.3) is 0 Å². The van der Waals surface area contributed by atoms with Crippen LogP contribution in [0.3, 0.4) is 0 Å². The number of rotatable bonds is 13. The van der Waals surface area contributed by atoms with Gasteiger partial charge in [-0.1, -0.05) is 71.9 Å². The number of ether oxygens (including phenoxy) is 3. The molecular formula is C42H55N4O4PS. The fourth-order valence-corrected chi connectivity index (χ4v) is 9.76. The van der Waals surface area contributed by atoms with Crippen LogP contribution >= 0.6 is 19.3 Å². The maximum Gasteiger partial charge on any atom is 0.245 e.